The lowest BCUT2D eigenvalue weighted by atomic mass is 9.74. The molecule has 2 aromatic carbocycles. The molecule has 1 nitrogen and oxygen atoms in total. The summed E-state index contributed by atoms with van der Waals surface area (Å²) in [6.45, 7) is 3.96. The Hall–Kier alpha value is -2.07. The van der Waals surface area contributed by atoms with Crippen LogP contribution in [0.25, 0.3) is 0 Å². The highest BCUT2D eigenvalue weighted by Crippen LogP contribution is 2.34. The summed E-state index contributed by atoms with van der Waals surface area (Å²) < 4.78 is 0. The fourth-order valence-electron chi connectivity index (χ4n) is 2.09. The molecule has 0 unspecified atom stereocenters. The molecule has 0 heterocycles. The second-order valence-corrected chi connectivity index (χ2v) is 4.00. The van der Waals surface area contributed by atoms with Crippen LogP contribution in [0, 0.1) is 18.3 Å². The van der Waals surface area contributed by atoms with Crippen LogP contribution < -0.4 is 0 Å². The number of nitrogens with zero attached hydrogens (tertiary/aromatic N) is 1. The van der Waals surface area contributed by atoms with E-state index in [0.717, 1.165) is 11.1 Å². The predicted molar refractivity (Wildman–Crippen MR) is 69.3 cm³/mol. The smallest absolute Gasteiger partial charge is 0.107 e. The van der Waals surface area contributed by atoms with Gasteiger partial charge in [0.25, 0.3) is 0 Å². The molecule has 0 saturated heterocycles. The number of benzene rings is 2. The lowest BCUT2D eigenvalue weighted by molar-refractivity contribution is 0.667. The Morgan fingerprint density at radius 2 is 1.29 bits per heavy atom. The zero-order chi connectivity index (χ0) is 12.1. The SMILES string of the molecule is [CH2]CC(C#N)(c1ccccc1)c1ccccc1. The van der Waals surface area contributed by atoms with Crippen LogP contribution in [0.4, 0.5) is 0 Å². The average Bonchev–Trinajstić information content (AvgIpc) is 2.43. The van der Waals surface area contributed by atoms with Crippen molar-refractivity contribution in [2.45, 2.75) is 11.8 Å². The van der Waals surface area contributed by atoms with Crippen molar-refractivity contribution in [3.63, 3.8) is 0 Å². The first kappa shape index (κ1) is 11.4. The molecule has 0 aliphatic heterocycles. The molecule has 0 aromatic heterocycles. The van der Waals surface area contributed by atoms with E-state index in [4.69, 9.17) is 0 Å². The van der Waals surface area contributed by atoms with Gasteiger partial charge in [-0.1, -0.05) is 67.6 Å². The van der Waals surface area contributed by atoms with E-state index in [-0.39, 0.29) is 0 Å². The maximum absolute atomic E-state index is 9.59. The van der Waals surface area contributed by atoms with Crippen LogP contribution in [0.2, 0.25) is 0 Å². The lowest BCUT2D eigenvalue weighted by Crippen LogP contribution is -2.24. The highest BCUT2D eigenvalue weighted by Gasteiger charge is 2.32. The highest BCUT2D eigenvalue weighted by molar-refractivity contribution is 5.45. The molecule has 0 atom stereocenters. The van der Waals surface area contributed by atoms with Crippen LogP contribution in [-0.2, 0) is 5.41 Å². The molecule has 0 bridgehead atoms. The van der Waals surface area contributed by atoms with Gasteiger partial charge in [0, 0.05) is 0 Å². The summed E-state index contributed by atoms with van der Waals surface area (Å²) in [5.74, 6) is 0. The fourth-order valence-corrected chi connectivity index (χ4v) is 2.09. The van der Waals surface area contributed by atoms with Gasteiger partial charge in [-0.3, -0.25) is 0 Å². The molecule has 83 valence electrons. The van der Waals surface area contributed by atoms with E-state index in [2.05, 4.69) is 13.0 Å². The third kappa shape index (κ3) is 1.94. The molecule has 0 saturated carbocycles. The van der Waals surface area contributed by atoms with E-state index in [9.17, 15) is 5.26 Å². The highest BCUT2D eigenvalue weighted by atomic mass is 14.4. The van der Waals surface area contributed by atoms with Crippen LogP contribution in [0.3, 0.4) is 0 Å². The summed E-state index contributed by atoms with van der Waals surface area (Å²) in [6, 6.07) is 22.1. The van der Waals surface area contributed by atoms with E-state index in [1.807, 2.05) is 60.7 Å². The second kappa shape index (κ2) is 4.84. The number of hydrogen-bond acceptors (Lipinski definition) is 1. The van der Waals surface area contributed by atoms with Gasteiger partial charge in [0.1, 0.15) is 5.41 Å². The minimum atomic E-state index is -0.636. The standard InChI is InChI=1S/C16H14N/c1-2-16(13-17,14-9-5-3-6-10-14)15-11-7-4-8-12-15/h3-12H,1-2H2. The average molecular weight is 220 g/mol. The molecule has 1 radical (unpaired) electrons. The van der Waals surface area contributed by atoms with E-state index in [1.165, 1.54) is 0 Å². The Kier molecular flexibility index (Phi) is 3.25. The predicted octanol–water partition coefficient (Wildman–Crippen LogP) is 3.72. The first-order chi connectivity index (χ1) is 8.33. The largest absolute Gasteiger partial charge is 0.197 e. The molecule has 2 rings (SSSR count). The Morgan fingerprint density at radius 3 is 1.59 bits per heavy atom. The van der Waals surface area contributed by atoms with E-state index >= 15 is 0 Å². The zero-order valence-electron chi connectivity index (χ0n) is 9.63. The minimum absolute atomic E-state index is 0.525. The second-order valence-electron chi connectivity index (χ2n) is 4.00. The maximum atomic E-state index is 9.59. The third-order valence-corrected chi connectivity index (χ3v) is 3.10. The molecular formula is C16H14N. The first-order valence-electron chi connectivity index (χ1n) is 5.65. The molecule has 0 fully saturated rings. The van der Waals surface area contributed by atoms with E-state index < -0.39 is 5.41 Å². The molecule has 1 heteroatoms. The van der Waals surface area contributed by atoms with Crippen molar-refractivity contribution in [1.29, 1.82) is 5.26 Å². The molecule has 0 aliphatic rings. The number of nitriles is 1. The summed E-state index contributed by atoms with van der Waals surface area (Å²) in [5, 5.41) is 9.59. The van der Waals surface area contributed by atoms with Gasteiger partial charge in [-0.25, -0.2) is 0 Å². The molecule has 0 spiro atoms. The normalized spacial score (nSPS) is 10.8. The molecule has 17 heavy (non-hydrogen) atoms. The van der Waals surface area contributed by atoms with Gasteiger partial charge in [0.15, 0.2) is 0 Å². The van der Waals surface area contributed by atoms with Crippen molar-refractivity contribution in [1.82, 2.24) is 0 Å². The van der Waals surface area contributed by atoms with E-state index in [0.29, 0.717) is 6.42 Å². The van der Waals surface area contributed by atoms with Crippen molar-refractivity contribution in [3.05, 3.63) is 78.7 Å². The summed E-state index contributed by atoms with van der Waals surface area (Å²) in [4.78, 5) is 0. The Balaban J connectivity index is 2.60. The third-order valence-electron chi connectivity index (χ3n) is 3.10. The fraction of sp³-hybridized carbons (Fsp3) is 0.125. The Morgan fingerprint density at radius 1 is 0.882 bits per heavy atom. The van der Waals surface area contributed by atoms with Crippen LogP contribution >= 0.6 is 0 Å². The van der Waals surface area contributed by atoms with E-state index in [1.54, 1.807) is 0 Å². The van der Waals surface area contributed by atoms with Crippen molar-refractivity contribution in [2.75, 3.05) is 0 Å². The quantitative estimate of drug-likeness (QED) is 0.773. The Labute approximate surface area is 102 Å². The van der Waals surface area contributed by atoms with Crippen molar-refractivity contribution >= 4 is 0 Å². The van der Waals surface area contributed by atoms with Crippen LogP contribution in [0.5, 0.6) is 0 Å². The van der Waals surface area contributed by atoms with Gasteiger partial charge in [0.2, 0.25) is 0 Å². The van der Waals surface area contributed by atoms with Gasteiger partial charge < -0.3 is 0 Å². The molecule has 0 amide bonds. The summed E-state index contributed by atoms with van der Waals surface area (Å²) in [6.07, 6.45) is 0.525. The van der Waals surface area contributed by atoms with Gasteiger partial charge >= 0.3 is 0 Å². The number of rotatable bonds is 3. The minimum Gasteiger partial charge on any atom is -0.197 e. The molecular weight excluding hydrogens is 206 g/mol. The summed E-state index contributed by atoms with van der Waals surface area (Å²) in [7, 11) is 0. The maximum Gasteiger partial charge on any atom is 0.107 e. The van der Waals surface area contributed by atoms with Crippen molar-refractivity contribution < 1.29 is 0 Å². The summed E-state index contributed by atoms with van der Waals surface area (Å²) >= 11 is 0. The molecule has 2 aromatic rings. The summed E-state index contributed by atoms with van der Waals surface area (Å²) in [5.41, 5.74) is 1.37. The monoisotopic (exact) mass is 220 g/mol. The van der Waals surface area contributed by atoms with Crippen molar-refractivity contribution in [2.24, 2.45) is 0 Å². The Bertz CT molecular complexity index is 469. The van der Waals surface area contributed by atoms with Gasteiger partial charge in [-0.2, -0.15) is 5.26 Å². The lowest BCUT2D eigenvalue weighted by Gasteiger charge is -2.26. The molecule has 0 N–H and O–H groups in total. The number of hydrogen-bond donors (Lipinski definition) is 0. The van der Waals surface area contributed by atoms with Crippen LogP contribution in [-0.4, -0.2) is 0 Å². The first-order valence-corrected chi connectivity index (χ1v) is 5.65. The molecule has 0 aliphatic carbocycles. The van der Waals surface area contributed by atoms with Crippen LogP contribution in [0.15, 0.2) is 60.7 Å². The van der Waals surface area contributed by atoms with Gasteiger partial charge in [-0.05, 0) is 17.5 Å². The topological polar surface area (TPSA) is 23.8 Å². The van der Waals surface area contributed by atoms with Gasteiger partial charge in [-0.15, -0.1) is 0 Å². The van der Waals surface area contributed by atoms with Crippen molar-refractivity contribution in [3.8, 4) is 6.07 Å². The van der Waals surface area contributed by atoms with Gasteiger partial charge in [0.05, 0.1) is 6.07 Å². The van der Waals surface area contributed by atoms with Crippen LogP contribution in [0.1, 0.15) is 17.5 Å². The zero-order valence-corrected chi connectivity index (χ0v) is 9.63.